The van der Waals surface area contributed by atoms with Crippen molar-refractivity contribution < 1.29 is 22.7 Å². The third-order valence-corrected chi connectivity index (χ3v) is 8.06. The van der Waals surface area contributed by atoms with Crippen molar-refractivity contribution in [2.24, 2.45) is 0 Å². The van der Waals surface area contributed by atoms with E-state index in [0.29, 0.717) is 28.8 Å². The number of sulfonamides is 1. The summed E-state index contributed by atoms with van der Waals surface area (Å²) in [6, 6.07) is 31.1. The zero-order valence-corrected chi connectivity index (χ0v) is 25.6. The molecule has 0 aliphatic carbocycles. The number of benzene rings is 4. The number of anilines is 1. The van der Waals surface area contributed by atoms with Crippen LogP contribution in [0, 0.1) is 0 Å². The zero-order chi connectivity index (χ0) is 30.8. The summed E-state index contributed by atoms with van der Waals surface area (Å²) in [5, 5.41) is 3.37. The number of halogens is 1. The highest BCUT2D eigenvalue weighted by atomic mass is 35.5. The number of likely N-dealkylation sites (N-methyl/N-ethyl adjacent to an activating group) is 1. The lowest BCUT2D eigenvalue weighted by atomic mass is 10.0. The van der Waals surface area contributed by atoms with E-state index < -0.39 is 28.5 Å². The van der Waals surface area contributed by atoms with E-state index >= 15 is 0 Å². The van der Waals surface area contributed by atoms with Gasteiger partial charge in [-0.25, -0.2) is 8.42 Å². The van der Waals surface area contributed by atoms with Crippen molar-refractivity contribution in [2.45, 2.75) is 25.9 Å². The van der Waals surface area contributed by atoms with Crippen LogP contribution in [0.1, 0.15) is 18.1 Å². The van der Waals surface area contributed by atoms with Gasteiger partial charge in [-0.15, -0.1) is 0 Å². The Morgan fingerprint density at radius 3 is 1.98 bits per heavy atom. The molecule has 4 aromatic carbocycles. The third-order valence-electron chi connectivity index (χ3n) is 6.67. The van der Waals surface area contributed by atoms with Crippen molar-refractivity contribution in [1.29, 1.82) is 0 Å². The number of nitrogens with zero attached hydrogens (tertiary/aromatic N) is 2. The molecule has 0 aromatic heterocycles. The molecule has 0 aliphatic rings. The highest BCUT2D eigenvalue weighted by Gasteiger charge is 2.32. The predicted octanol–water partition coefficient (Wildman–Crippen LogP) is 5.67. The van der Waals surface area contributed by atoms with Crippen LogP contribution in [0.15, 0.2) is 109 Å². The number of rotatable bonds is 13. The summed E-state index contributed by atoms with van der Waals surface area (Å²) in [4.78, 5) is 28.9. The number of hydrogen-bond acceptors (Lipinski definition) is 5. The average molecular weight is 620 g/mol. The van der Waals surface area contributed by atoms with Gasteiger partial charge in [-0.3, -0.25) is 13.9 Å². The van der Waals surface area contributed by atoms with Gasteiger partial charge in [-0.2, -0.15) is 0 Å². The Kier molecular flexibility index (Phi) is 10.8. The number of ether oxygens (including phenoxy) is 1. The van der Waals surface area contributed by atoms with Gasteiger partial charge in [-0.1, -0.05) is 72.3 Å². The first kappa shape index (κ1) is 31.6. The molecule has 1 N–H and O–H groups in total. The Bertz CT molecular complexity index is 1600. The molecule has 0 spiro atoms. The molecule has 0 radical (unpaired) electrons. The monoisotopic (exact) mass is 619 g/mol. The van der Waals surface area contributed by atoms with Crippen LogP contribution in [0.2, 0.25) is 5.02 Å². The molecule has 8 nitrogen and oxygen atoms in total. The van der Waals surface area contributed by atoms with Gasteiger partial charge in [-0.05, 0) is 66.6 Å². The van der Waals surface area contributed by atoms with Crippen molar-refractivity contribution >= 4 is 39.1 Å². The van der Waals surface area contributed by atoms with E-state index in [1.807, 2.05) is 60.7 Å². The molecule has 0 saturated carbocycles. The van der Waals surface area contributed by atoms with Crippen LogP contribution < -0.4 is 14.4 Å². The molecule has 0 unspecified atom stereocenters. The maximum atomic E-state index is 14.1. The van der Waals surface area contributed by atoms with Gasteiger partial charge in [0, 0.05) is 24.5 Å². The molecule has 0 saturated heterocycles. The minimum absolute atomic E-state index is 0.0755. The number of hydrogen-bond donors (Lipinski definition) is 1. The lowest BCUT2D eigenvalue weighted by Gasteiger charge is -2.33. The van der Waals surface area contributed by atoms with E-state index in [0.717, 1.165) is 21.7 Å². The van der Waals surface area contributed by atoms with Crippen molar-refractivity contribution in [3.05, 3.63) is 125 Å². The second-order valence-corrected chi connectivity index (χ2v) is 12.3. The number of amides is 2. The van der Waals surface area contributed by atoms with Crippen LogP contribution in [0.3, 0.4) is 0 Å². The largest absolute Gasteiger partial charge is 0.457 e. The first-order chi connectivity index (χ1) is 20.6. The van der Waals surface area contributed by atoms with Gasteiger partial charge in [0.05, 0.1) is 11.9 Å². The molecule has 4 rings (SSSR count). The van der Waals surface area contributed by atoms with Crippen molar-refractivity contribution in [1.82, 2.24) is 10.2 Å². The van der Waals surface area contributed by atoms with Gasteiger partial charge in [0.25, 0.3) is 0 Å². The fourth-order valence-corrected chi connectivity index (χ4v) is 5.53. The topological polar surface area (TPSA) is 96.0 Å². The standard InChI is InChI=1S/C33H34ClN3O5S/c1-3-35-33(39)31(22-25-10-6-4-7-11-25)36(23-26-14-16-27(34)17-15-26)32(38)24-37(43(2,40)41)28-18-20-30(21-19-28)42-29-12-8-5-9-13-29/h4-21,31H,3,22-24H2,1-2H3,(H,35,39)/t31-/m0/s1. The van der Waals surface area contributed by atoms with Crippen LogP contribution in [-0.4, -0.2) is 50.5 Å². The van der Waals surface area contributed by atoms with Crippen molar-refractivity contribution in [2.75, 3.05) is 23.7 Å². The van der Waals surface area contributed by atoms with Crippen LogP contribution in [0.4, 0.5) is 5.69 Å². The van der Waals surface area contributed by atoms with Gasteiger partial charge in [0.2, 0.25) is 21.8 Å². The molecule has 0 heterocycles. The molecule has 0 fully saturated rings. The Labute approximate surface area is 257 Å². The zero-order valence-electron chi connectivity index (χ0n) is 24.0. The summed E-state index contributed by atoms with van der Waals surface area (Å²) < 4.78 is 32.8. The molecular weight excluding hydrogens is 586 g/mol. The lowest BCUT2D eigenvalue weighted by Crippen LogP contribution is -2.53. The van der Waals surface area contributed by atoms with Crippen LogP contribution in [0.5, 0.6) is 11.5 Å². The number of carbonyl (C=O) groups is 2. The van der Waals surface area contributed by atoms with E-state index in [9.17, 15) is 18.0 Å². The second-order valence-electron chi connectivity index (χ2n) is 9.93. The summed E-state index contributed by atoms with van der Waals surface area (Å²) in [5.74, 6) is 0.287. The third kappa shape index (κ3) is 9.07. The Hall–Kier alpha value is -4.34. The van der Waals surface area contributed by atoms with Gasteiger partial charge >= 0.3 is 0 Å². The SMILES string of the molecule is CCNC(=O)[C@H](Cc1ccccc1)N(Cc1ccc(Cl)cc1)C(=O)CN(c1ccc(Oc2ccccc2)cc1)S(C)(=O)=O. The van der Waals surface area contributed by atoms with E-state index in [4.69, 9.17) is 16.3 Å². The van der Waals surface area contributed by atoms with E-state index in [1.54, 1.807) is 55.5 Å². The highest BCUT2D eigenvalue weighted by molar-refractivity contribution is 7.92. The minimum atomic E-state index is -3.88. The summed E-state index contributed by atoms with van der Waals surface area (Å²) in [5.41, 5.74) is 1.90. The maximum Gasteiger partial charge on any atom is 0.244 e. The molecule has 0 aliphatic heterocycles. The average Bonchev–Trinajstić information content (AvgIpc) is 2.99. The highest BCUT2D eigenvalue weighted by Crippen LogP contribution is 2.26. The van der Waals surface area contributed by atoms with Crippen LogP contribution in [0.25, 0.3) is 0 Å². The van der Waals surface area contributed by atoms with Gasteiger partial charge < -0.3 is 15.0 Å². The van der Waals surface area contributed by atoms with E-state index in [-0.39, 0.29) is 18.9 Å². The number of carbonyl (C=O) groups excluding carboxylic acids is 2. The quantitative estimate of drug-likeness (QED) is 0.208. The lowest BCUT2D eigenvalue weighted by molar-refractivity contribution is -0.140. The molecule has 10 heteroatoms. The van der Waals surface area contributed by atoms with Crippen LogP contribution in [-0.2, 0) is 32.6 Å². The first-order valence-electron chi connectivity index (χ1n) is 13.8. The summed E-state index contributed by atoms with van der Waals surface area (Å²) in [6.45, 7) is 1.75. The van der Waals surface area contributed by atoms with E-state index in [2.05, 4.69) is 5.32 Å². The van der Waals surface area contributed by atoms with Crippen LogP contribution >= 0.6 is 11.6 Å². The molecule has 4 aromatic rings. The van der Waals surface area contributed by atoms with Gasteiger partial charge in [0.15, 0.2) is 0 Å². The number of nitrogens with one attached hydrogen (secondary N) is 1. The molecule has 1 atom stereocenters. The fourth-order valence-electron chi connectivity index (χ4n) is 4.55. The number of para-hydroxylation sites is 1. The van der Waals surface area contributed by atoms with Crippen molar-refractivity contribution in [3.8, 4) is 11.5 Å². The molecule has 2 amide bonds. The molecular formula is C33H34ClN3O5S. The Balaban J connectivity index is 1.65. The first-order valence-corrected chi connectivity index (χ1v) is 16.0. The molecule has 224 valence electrons. The van der Waals surface area contributed by atoms with E-state index in [1.165, 1.54) is 4.90 Å². The minimum Gasteiger partial charge on any atom is -0.457 e. The fraction of sp³-hybridized carbons (Fsp3) is 0.212. The molecule has 43 heavy (non-hydrogen) atoms. The summed E-state index contributed by atoms with van der Waals surface area (Å²) in [6.07, 6.45) is 1.29. The maximum absolute atomic E-state index is 14.1. The Morgan fingerprint density at radius 1 is 0.814 bits per heavy atom. The molecule has 0 bridgehead atoms. The predicted molar refractivity (Wildman–Crippen MR) is 170 cm³/mol. The summed E-state index contributed by atoms with van der Waals surface area (Å²) >= 11 is 6.09. The normalized spacial score (nSPS) is 11.8. The second kappa shape index (κ2) is 14.7. The Morgan fingerprint density at radius 2 is 1.40 bits per heavy atom. The smallest absolute Gasteiger partial charge is 0.244 e. The summed E-state index contributed by atoms with van der Waals surface area (Å²) in [7, 11) is -3.88. The van der Waals surface area contributed by atoms with Gasteiger partial charge in [0.1, 0.15) is 24.1 Å². The van der Waals surface area contributed by atoms with Crippen molar-refractivity contribution in [3.63, 3.8) is 0 Å².